The quantitative estimate of drug-likeness (QED) is 0.437. The fourth-order valence-corrected chi connectivity index (χ4v) is 2.76. The first-order chi connectivity index (χ1) is 12.9. The minimum absolute atomic E-state index is 0.00197. The summed E-state index contributed by atoms with van der Waals surface area (Å²) in [5, 5.41) is 2.30. The number of methoxy groups -OCH3 is 2. The van der Waals surface area contributed by atoms with E-state index in [0.717, 1.165) is 0 Å². The molecule has 27 heavy (non-hydrogen) atoms. The molecule has 2 rings (SSSR count). The molecule has 0 saturated heterocycles. The number of hydrogen-bond donors (Lipinski definition) is 2. The van der Waals surface area contributed by atoms with Gasteiger partial charge in [-0.2, -0.15) is 0 Å². The zero-order chi connectivity index (χ0) is 20.1. The molecule has 1 aromatic carbocycles. The average Bonchev–Trinajstić information content (AvgIpc) is 3.03. The van der Waals surface area contributed by atoms with Gasteiger partial charge in [0.05, 0.1) is 26.4 Å². The third-order valence-corrected chi connectivity index (χ3v) is 4.00. The van der Waals surface area contributed by atoms with E-state index in [-0.39, 0.29) is 23.4 Å². The van der Waals surface area contributed by atoms with E-state index in [1.54, 1.807) is 32.0 Å². The average molecular weight is 374 g/mol. The Balaban J connectivity index is 2.76. The Kier molecular flexibility index (Phi) is 6.23. The number of nitrogens with one attached hydrogen (secondary N) is 2. The van der Waals surface area contributed by atoms with Gasteiger partial charge in [-0.05, 0) is 31.5 Å². The molecule has 0 aliphatic carbocycles. The molecule has 2 N–H and O–H groups in total. The Hall–Kier alpha value is -3.29. The van der Waals surface area contributed by atoms with Gasteiger partial charge in [0.25, 0.3) is 11.7 Å². The number of H-pyrrole nitrogens is 1. The zero-order valence-corrected chi connectivity index (χ0v) is 15.9. The smallest absolute Gasteiger partial charge is 0.340 e. The number of aromatic amines is 1. The molecule has 0 unspecified atom stereocenters. The molecule has 0 bridgehead atoms. The van der Waals surface area contributed by atoms with Crippen molar-refractivity contribution in [3.05, 3.63) is 35.2 Å². The van der Waals surface area contributed by atoms with Crippen LogP contribution in [0.5, 0.6) is 11.5 Å². The van der Waals surface area contributed by atoms with Gasteiger partial charge in [-0.25, -0.2) is 4.79 Å². The SMILES string of the molecule is CCOC(=O)c1c(C)[nH]c(C(=O)C(=O)NC)c1-c1ccc(OC)c(OC)c1. The third kappa shape index (κ3) is 3.79. The van der Waals surface area contributed by atoms with Gasteiger partial charge in [0.2, 0.25) is 0 Å². The minimum Gasteiger partial charge on any atom is -0.493 e. The number of aryl methyl sites for hydroxylation is 1. The lowest BCUT2D eigenvalue weighted by Crippen LogP contribution is -2.28. The number of likely N-dealkylation sites (N-methyl/N-ethyl adjacent to an activating group) is 1. The molecule has 0 atom stereocenters. The Morgan fingerprint density at radius 3 is 2.33 bits per heavy atom. The summed E-state index contributed by atoms with van der Waals surface area (Å²) in [6.45, 7) is 3.50. The molecule has 1 amide bonds. The first-order valence-electron chi connectivity index (χ1n) is 8.28. The minimum atomic E-state index is -0.798. The van der Waals surface area contributed by atoms with E-state index < -0.39 is 17.7 Å². The van der Waals surface area contributed by atoms with E-state index in [2.05, 4.69) is 10.3 Å². The maximum Gasteiger partial charge on any atom is 0.340 e. The van der Waals surface area contributed by atoms with E-state index in [0.29, 0.717) is 22.8 Å². The van der Waals surface area contributed by atoms with Gasteiger partial charge < -0.3 is 24.5 Å². The Labute approximate surface area is 156 Å². The number of ether oxygens (including phenoxy) is 3. The molecule has 1 aromatic heterocycles. The summed E-state index contributed by atoms with van der Waals surface area (Å²) < 4.78 is 15.7. The summed E-state index contributed by atoms with van der Waals surface area (Å²) in [7, 11) is 4.34. The number of esters is 1. The van der Waals surface area contributed by atoms with Crippen molar-refractivity contribution in [2.75, 3.05) is 27.9 Å². The molecular weight excluding hydrogens is 352 g/mol. The summed E-state index contributed by atoms with van der Waals surface area (Å²) in [5.74, 6) is -1.27. The molecule has 144 valence electrons. The van der Waals surface area contributed by atoms with Gasteiger partial charge in [0, 0.05) is 18.3 Å². The van der Waals surface area contributed by atoms with Crippen molar-refractivity contribution in [1.29, 1.82) is 0 Å². The number of carbonyl (C=O) groups excluding carboxylic acids is 3. The van der Waals surface area contributed by atoms with Gasteiger partial charge in [-0.15, -0.1) is 0 Å². The highest BCUT2D eigenvalue weighted by molar-refractivity contribution is 6.43. The summed E-state index contributed by atoms with van der Waals surface area (Å²) in [6.07, 6.45) is 0. The summed E-state index contributed by atoms with van der Waals surface area (Å²) in [6, 6.07) is 4.96. The van der Waals surface area contributed by atoms with Crippen molar-refractivity contribution in [2.45, 2.75) is 13.8 Å². The predicted molar refractivity (Wildman–Crippen MR) is 98.4 cm³/mol. The highest BCUT2D eigenvalue weighted by Gasteiger charge is 2.29. The molecular formula is C19H22N2O6. The first-order valence-corrected chi connectivity index (χ1v) is 8.28. The van der Waals surface area contributed by atoms with Crippen LogP contribution in [0.15, 0.2) is 18.2 Å². The van der Waals surface area contributed by atoms with Crippen molar-refractivity contribution in [3.8, 4) is 22.6 Å². The number of hydrogen-bond acceptors (Lipinski definition) is 6. The highest BCUT2D eigenvalue weighted by atomic mass is 16.5. The monoisotopic (exact) mass is 374 g/mol. The molecule has 0 aliphatic heterocycles. The normalized spacial score (nSPS) is 10.3. The van der Waals surface area contributed by atoms with Gasteiger partial charge >= 0.3 is 5.97 Å². The number of amides is 1. The van der Waals surface area contributed by atoms with Crippen molar-refractivity contribution in [1.82, 2.24) is 10.3 Å². The van der Waals surface area contributed by atoms with Crippen LogP contribution in [0.4, 0.5) is 0 Å². The van der Waals surface area contributed by atoms with Crippen molar-refractivity contribution < 1.29 is 28.6 Å². The van der Waals surface area contributed by atoms with E-state index in [4.69, 9.17) is 14.2 Å². The second-order valence-electron chi connectivity index (χ2n) is 5.57. The van der Waals surface area contributed by atoms with Crippen LogP contribution in [0.1, 0.15) is 33.5 Å². The topological polar surface area (TPSA) is 107 Å². The number of ketones is 1. The lowest BCUT2D eigenvalue weighted by Gasteiger charge is -2.11. The van der Waals surface area contributed by atoms with E-state index >= 15 is 0 Å². The first kappa shape index (κ1) is 20.0. The molecule has 8 nitrogen and oxygen atoms in total. The molecule has 0 radical (unpaired) electrons. The van der Waals surface area contributed by atoms with Crippen LogP contribution in [-0.4, -0.2) is 50.5 Å². The molecule has 0 fully saturated rings. The van der Waals surface area contributed by atoms with Crippen LogP contribution >= 0.6 is 0 Å². The second kappa shape index (κ2) is 8.39. The molecule has 0 spiro atoms. The number of rotatable bonds is 7. The number of benzene rings is 1. The molecule has 8 heteroatoms. The Morgan fingerprint density at radius 1 is 1.11 bits per heavy atom. The van der Waals surface area contributed by atoms with Crippen molar-refractivity contribution in [2.24, 2.45) is 0 Å². The fraction of sp³-hybridized carbons (Fsp3) is 0.316. The predicted octanol–water partition coefficient (Wildman–Crippen LogP) is 2.11. The van der Waals surface area contributed by atoms with Gasteiger partial charge in [-0.1, -0.05) is 6.07 Å². The third-order valence-electron chi connectivity index (χ3n) is 4.00. The molecule has 0 aliphatic rings. The standard InChI is InChI=1S/C19H22N2O6/c1-6-27-19(24)14-10(2)21-16(17(22)18(23)20-3)15(14)11-7-8-12(25-4)13(9-11)26-5/h7-9,21H,6H2,1-5H3,(H,20,23). The Morgan fingerprint density at radius 2 is 1.78 bits per heavy atom. The highest BCUT2D eigenvalue weighted by Crippen LogP contribution is 2.37. The van der Waals surface area contributed by atoms with Crippen LogP contribution in [0, 0.1) is 6.92 Å². The maximum absolute atomic E-state index is 12.5. The number of Topliss-reactive ketones (excluding diaryl/α,β-unsaturated/α-hetero) is 1. The largest absolute Gasteiger partial charge is 0.493 e. The maximum atomic E-state index is 12.5. The van der Waals surface area contributed by atoms with E-state index in [1.807, 2.05) is 0 Å². The second-order valence-corrected chi connectivity index (χ2v) is 5.57. The van der Waals surface area contributed by atoms with Crippen LogP contribution in [0.25, 0.3) is 11.1 Å². The molecule has 2 aromatic rings. The summed E-state index contributed by atoms with van der Waals surface area (Å²) in [4.78, 5) is 39.8. The van der Waals surface area contributed by atoms with E-state index in [9.17, 15) is 14.4 Å². The lowest BCUT2D eigenvalue weighted by atomic mass is 9.97. The summed E-state index contributed by atoms with van der Waals surface area (Å²) >= 11 is 0. The zero-order valence-electron chi connectivity index (χ0n) is 15.9. The van der Waals surface area contributed by atoms with Gasteiger partial charge in [0.15, 0.2) is 11.5 Å². The number of carbonyl (C=O) groups is 3. The lowest BCUT2D eigenvalue weighted by molar-refractivity contribution is -0.116. The van der Waals surface area contributed by atoms with Gasteiger partial charge in [-0.3, -0.25) is 9.59 Å². The van der Waals surface area contributed by atoms with Gasteiger partial charge in [0.1, 0.15) is 5.69 Å². The summed E-state index contributed by atoms with van der Waals surface area (Å²) in [5.41, 5.74) is 1.40. The van der Waals surface area contributed by atoms with E-state index in [1.165, 1.54) is 21.3 Å². The van der Waals surface area contributed by atoms with Crippen molar-refractivity contribution in [3.63, 3.8) is 0 Å². The van der Waals surface area contributed by atoms with Crippen LogP contribution in [0.2, 0.25) is 0 Å². The molecule has 1 heterocycles. The number of aromatic nitrogens is 1. The Bertz CT molecular complexity index is 885. The van der Waals surface area contributed by atoms with Crippen molar-refractivity contribution >= 4 is 17.7 Å². The van der Waals surface area contributed by atoms with Crippen LogP contribution in [0.3, 0.4) is 0 Å². The van der Waals surface area contributed by atoms with Crippen LogP contribution in [-0.2, 0) is 9.53 Å². The molecule has 0 saturated carbocycles. The van der Waals surface area contributed by atoms with Crippen LogP contribution < -0.4 is 14.8 Å². The fourth-order valence-electron chi connectivity index (χ4n) is 2.76.